The summed E-state index contributed by atoms with van der Waals surface area (Å²) in [7, 11) is 0. The summed E-state index contributed by atoms with van der Waals surface area (Å²) in [5, 5.41) is 18.2. The van der Waals surface area contributed by atoms with Gasteiger partial charge in [-0.25, -0.2) is 0 Å². The molecule has 0 bridgehead atoms. The maximum absolute atomic E-state index is 2.68. The van der Waals surface area contributed by atoms with Crippen LogP contribution in [0, 0.1) is 0 Å². The predicted octanol–water partition coefficient (Wildman–Crippen LogP) is 14.4. The zero-order valence-corrected chi connectivity index (χ0v) is 36.5. The third-order valence-electron chi connectivity index (χ3n) is 16.4. The average Bonchev–Trinajstić information content (AvgIpc) is 4.03. The van der Waals surface area contributed by atoms with E-state index in [4.69, 9.17) is 0 Å². The molecule has 4 heteroatoms. The number of para-hydroxylation sites is 1. The highest BCUT2D eigenvalue weighted by Gasteiger charge is 2.43. The third kappa shape index (κ3) is 3.86. The first-order valence-electron chi connectivity index (χ1n) is 23.9. The Labute approximate surface area is 389 Å². The van der Waals surface area contributed by atoms with Crippen LogP contribution in [-0.2, 0) is 0 Å². The van der Waals surface area contributed by atoms with E-state index in [1.165, 1.54) is 159 Å². The van der Waals surface area contributed by atoms with E-state index in [1.54, 1.807) is 0 Å². The molecule has 308 valence electrons. The highest BCUT2D eigenvalue weighted by Crippen LogP contribution is 2.51. The monoisotopic (exact) mass is 855 g/mol. The summed E-state index contributed by atoms with van der Waals surface area (Å²) in [5.41, 5.74) is 20.5. The van der Waals surface area contributed by atoms with Crippen LogP contribution in [0.25, 0.3) is 148 Å². The molecule has 0 saturated carbocycles. The van der Waals surface area contributed by atoms with Crippen molar-refractivity contribution in [3.05, 3.63) is 206 Å². The fourth-order valence-electron chi connectivity index (χ4n) is 14.0. The number of fused-ring (bicyclic) bond motifs is 20. The molecule has 0 spiro atoms. The Morgan fingerprint density at radius 3 is 1.44 bits per heavy atom. The van der Waals surface area contributed by atoms with Crippen molar-refractivity contribution in [1.82, 2.24) is 13.7 Å². The Hall–Kier alpha value is -8.86. The number of rotatable bonds is 1. The molecule has 2 aliphatic heterocycles. The van der Waals surface area contributed by atoms with Gasteiger partial charge in [0.15, 0.2) is 0 Å². The van der Waals surface area contributed by atoms with Gasteiger partial charge in [-0.15, -0.1) is 0 Å². The molecule has 12 aromatic carbocycles. The largest absolute Gasteiger partial charge is 0.310 e. The third-order valence-corrected chi connectivity index (χ3v) is 16.4. The first-order chi connectivity index (χ1) is 33.8. The standard InChI is InChI=1S/C64H34BN3/c1-4-17-40-35(13-1)27-29-52-58(40)59-41-18-5-2-14-36(41)28-30-53(59)66(52)39-33-54-62-55(34-39)68-51-26-12-24-46-44-21-8-7-20-43(44)45-23-11-16-38-32-49(64(68)61(56(38)45)60(46)51)65(62)48-31-37-15-3-6-19-42(37)57-47-22-9-10-25-50(47)67(54)63(48)57/h1-34H. The molecular formula is C64H34BN3. The molecule has 0 unspecified atom stereocenters. The number of aromatic nitrogens is 3. The van der Waals surface area contributed by atoms with E-state index < -0.39 is 0 Å². The minimum atomic E-state index is -0.0112. The van der Waals surface area contributed by atoms with Crippen molar-refractivity contribution in [3.8, 4) is 39.3 Å². The first-order valence-corrected chi connectivity index (χ1v) is 23.9. The molecule has 0 saturated heterocycles. The Morgan fingerprint density at radius 1 is 0.279 bits per heavy atom. The molecule has 0 radical (unpaired) electrons. The minimum Gasteiger partial charge on any atom is -0.310 e. The second-order valence-electron chi connectivity index (χ2n) is 19.5. The number of hydrogen-bond acceptors (Lipinski definition) is 0. The Morgan fingerprint density at radius 2 is 0.750 bits per heavy atom. The van der Waals surface area contributed by atoms with E-state index in [1.807, 2.05) is 0 Å². The van der Waals surface area contributed by atoms with Crippen LogP contribution in [0.1, 0.15) is 0 Å². The van der Waals surface area contributed by atoms with Gasteiger partial charge in [0.05, 0.1) is 38.8 Å². The van der Waals surface area contributed by atoms with E-state index in [0.29, 0.717) is 0 Å². The van der Waals surface area contributed by atoms with Crippen LogP contribution in [0.3, 0.4) is 0 Å². The molecule has 1 aliphatic carbocycles. The number of nitrogens with zero attached hydrogens (tertiary/aromatic N) is 3. The Bertz CT molecular complexity index is 4830. The Balaban J connectivity index is 1.10. The van der Waals surface area contributed by atoms with Gasteiger partial charge in [-0.05, 0) is 118 Å². The molecule has 18 rings (SSSR count). The zero-order chi connectivity index (χ0) is 43.7. The van der Waals surface area contributed by atoms with E-state index in [0.717, 1.165) is 5.69 Å². The van der Waals surface area contributed by atoms with Crippen molar-refractivity contribution in [2.24, 2.45) is 0 Å². The normalized spacial score (nSPS) is 13.3. The van der Waals surface area contributed by atoms with E-state index in [-0.39, 0.29) is 6.71 Å². The highest BCUT2D eigenvalue weighted by atomic mass is 15.1. The van der Waals surface area contributed by atoms with Crippen molar-refractivity contribution in [2.45, 2.75) is 0 Å². The van der Waals surface area contributed by atoms with Crippen LogP contribution in [0.5, 0.6) is 0 Å². The molecule has 5 heterocycles. The topological polar surface area (TPSA) is 14.8 Å². The minimum absolute atomic E-state index is 0.0112. The summed E-state index contributed by atoms with van der Waals surface area (Å²) >= 11 is 0. The quantitative estimate of drug-likeness (QED) is 0.146. The van der Waals surface area contributed by atoms with Crippen molar-refractivity contribution in [3.63, 3.8) is 0 Å². The predicted molar refractivity (Wildman–Crippen MR) is 289 cm³/mol. The number of hydrogen-bond donors (Lipinski definition) is 0. The van der Waals surface area contributed by atoms with E-state index in [2.05, 4.69) is 220 Å². The molecule has 0 N–H and O–H groups in total. The lowest BCUT2D eigenvalue weighted by Crippen LogP contribution is -2.59. The van der Waals surface area contributed by atoms with Gasteiger partial charge in [-0.2, -0.15) is 0 Å². The molecule has 3 aliphatic rings. The van der Waals surface area contributed by atoms with Crippen LogP contribution in [-0.4, -0.2) is 20.4 Å². The second-order valence-corrected chi connectivity index (χ2v) is 19.5. The SMILES string of the molecule is c1ccc2c(c1)-c1cccc3cc4c5c(c13)c1c-2cccc1n5-c1cc(-n2c3ccc5ccccc5c3c3c5ccccc5ccc32)cc2c1B4c1cc3ccccc3c3c4ccccc4n-2c13. The van der Waals surface area contributed by atoms with Crippen LogP contribution in [0.2, 0.25) is 0 Å². The van der Waals surface area contributed by atoms with Crippen molar-refractivity contribution in [1.29, 1.82) is 0 Å². The van der Waals surface area contributed by atoms with Gasteiger partial charge >= 0.3 is 0 Å². The van der Waals surface area contributed by atoms with Crippen LogP contribution in [0.15, 0.2) is 206 Å². The molecular weight excluding hydrogens is 822 g/mol. The molecule has 0 amide bonds. The first kappa shape index (κ1) is 34.5. The fourth-order valence-corrected chi connectivity index (χ4v) is 14.0. The summed E-state index contributed by atoms with van der Waals surface area (Å²) in [5.74, 6) is 0. The van der Waals surface area contributed by atoms with Crippen molar-refractivity contribution < 1.29 is 0 Å². The fraction of sp³-hybridized carbons (Fsp3) is 0. The Kier molecular flexibility index (Phi) is 5.96. The maximum atomic E-state index is 2.68. The van der Waals surface area contributed by atoms with Gasteiger partial charge in [0.1, 0.15) is 0 Å². The van der Waals surface area contributed by atoms with Gasteiger partial charge in [0, 0.05) is 43.7 Å². The summed E-state index contributed by atoms with van der Waals surface area (Å²) in [6.45, 7) is -0.0112. The lowest BCUT2D eigenvalue weighted by molar-refractivity contribution is 1.11. The van der Waals surface area contributed by atoms with Crippen molar-refractivity contribution >= 4 is 132 Å². The summed E-state index contributed by atoms with van der Waals surface area (Å²) in [6, 6.07) is 78.7. The van der Waals surface area contributed by atoms with Crippen LogP contribution in [0.4, 0.5) is 0 Å². The van der Waals surface area contributed by atoms with Crippen LogP contribution < -0.4 is 16.4 Å². The lowest BCUT2D eigenvalue weighted by Gasteiger charge is -2.35. The number of benzene rings is 12. The molecule has 0 fully saturated rings. The summed E-state index contributed by atoms with van der Waals surface area (Å²) < 4.78 is 7.90. The van der Waals surface area contributed by atoms with E-state index >= 15 is 0 Å². The second kappa shape index (κ2) is 11.7. The molecule has 0 atom stereocenters. The average molecular weight is 856 g/mol. The van der Waals surface area contributed by atoms with Gasteiger partial charge in [-0.1, -0.05) is 170 Å². The molecule has 68 heavy (non-hydrogen) atoms. The maximum Gasteiger partial charge on any atom is 0.252 e. The van der Waals surface area contributed by atoms with Crippen LogP contribution >= 0.6 is 0 Å². The summed E-state index contributed by atoms with van der Waals surface area (Å²) in [4.78, 5) is 0. The van der Waals surface area contributed by atoms with Gasteiger partial charge in [-0.3, -0.25) is 0 Å². The van der Waals surface area contributed by atoms with Gasteiger partial charge in [0.25, 0.3) is 6.71 Å². The van der Waals surface area contributed by atoms with Gasteiger partial charge in [0.2, 0.25) is 0 Å². The molecule has 3 nitrogen and oxygen atoms in total. The summed E-state index contributed by atoms with van der Waals surface area (Å²) in [6.07, 6.45) is 0. The van der Waals surface area contributed by atoms with Crippen molar-refractivity contribution in [2.75, 3.05) is 0 Å². The zero-order valence-electron chi connectivity index (χ0n) is 36.5. The lowest BCUT2D eigenvalue weighted by atomic mass is 9.34. The highest BCUT2D eigenvalue weighted by molar-refractivity contribution is 7.00. The van der Waals surface area contributed by atoms with Gasteiger partial charge < -0.3 is 13.7 Å². The molecule has 15 aromatic rings. The molecule has 3 aromatic heterocycles. The van der Waals surface area contributed by atoms with E-state index in [9.17, 15) is 0 Å². The smallest absolute Gasteiger partial charge is 0.252 e.